The number of nitrogens with zero attached hydrogens (tertiary/aromatic N) is 1. The van der Waals surface area contributed by atoms with E-state index in [2.05, 4.69) is 41.4 Å². The summed E-state index contributed by atoms with van der Waals surface area (Å²) >= 11 is -0.556. The van der Waals surface area contributed by atoms with Gasteiger partial charge in [-0.2, -0.15) is 0 Å². The molecule has 5 heteroatoms. The van der Waals surface area contributed by atoms with Gasteiger partial charge < -0.3 is 5.11 Å². The SMILES string of the molecule is Oc1c(C=Nc2ccccc2)cc(-c2ccccc2)cc1C1CCCCCC1.[Cl][Ti][Cl]. The molecule has 0 radical (unpaired) electrons. The predicted molar refractivity (Wildman–Crippen MR) is 129 cm³/mol. The van der Waals surface area contributed by atoms with E-state index >= 15 is 0 Å². The fraction of sp³-hybridized carbons (Fsp3) is 0.269. The standard InChI is InChI=1S/C26H27NO.2ClH.Ti/c28-26-23(19-27-24-15-9-4-10-16-24)17-22(20-11-7-3-8-12-20)18-25(26)21-13-5-1-2-6-14-21;;;/h3-4,7-12,15-19,21,28H,1-2,5-6,13-14H2;2*1H;/q;;;+2/p-2. The molecule has 0 amide bonds. The van der Waals surface area contributed by atoms with Gasteiger partial charge in [-0.05, 0) is 59.7 Å². The molecule has 0 atom stereocenters. The van der Waals surface area contributed by atoms with E-state index in [9.17, 15) is 5.11 Å². The first-order valence-electron chi connectivity index (χ1n) is 10.7. The van der Waals surface area contributed by atoms with Crippen molar-refractivity contribution in [3.63, 3.8) is 0 Å². The van der Waals surface area contributed by atoms with E-state index in [-0.39, 0.29) is 0 Å². The molecule has 1 saturated carbocycles. The Labute approximate surface area is 202 Å². The molecule has 31 heavy (non-hydrogen) atoms. The molecule has 1 N–H and O–H groups in total. The van der Waals surface area contributed by atoms with E-state index in [0.29, 0.717) is 11.7 Å². The second kappa shape index (κ2) is 13.1. The second-order valence-corrected chi connectivity index (χ2v) is 10.3. The Bertz CT molecular complexity index is 956. The summed E-state index contributed by atoms with van der Waals surface area (Å²) < 4.78 is 0. The average molecular weight is 488 g/mol. The van der Waals surface area contributed by atoms with Gasteiger partial charge in [0, 0.05) is 11.8 Å². The van der Waals surface area contributed by atoms with Crippen LogP contribution in [-0.4, -0.2) is 11.3 Å². The quantitative estimate of drug-likeness (QED) is 0.223. The van der Waals surface area contributed by atoms with Crippen molar-refractivity contribution in [1.82, 2.24) is 0 Å². The molecule has 160 valence electrons. The zero-order chi connectivity index (χ0) is 21.9. The molecule has 0 unspecified atom stereocenters. The average Bonchev–Trinajstić information content (AvgIpc) is 3.10. The van der Waals surface area contributed by atoms with Gasteiger partial charge in [0.1, 0.15) is 5.75 Å². The summed E-state index contributed by atoms with van der Waals surface area (Å²) in [5.74, 6) is 0.821. The van der Waals surface area contributed by atoms with Crippen LogP contribution in [0.2, 0.25) is 0 Å². The predicted octanol–water partition coefficient (Wildman–Crippen LogP) is 8.62. The summed E-state index contributed by atoms with van der Waals surface area (Å²) in [4.78, 5) is 4.59. The van der Waals surface area contributed by atoms with E-state index in [0.717, 1.165) is 35.2 Å². The van der Waals surface area contributed by atoms with Gasteiger partial charge in [0.15, 0.2) is 0 Å². The zero-order valence-electron chi connectivity index (χ0n) is 17.5. The van der Waals surface area contributed by atoms with E-state index < -0.39 is 17.0 Å². The van der Waals surface area contributed by atoms with E-state index in [4.69, 9.17) is 18.6 Å². The summed E-state index contributed by atoms with van der Waals surface area (Å²) in [5, 5.41) is 11.1. The topological polar surface area (TPSA) is 32.6 Å². The first kappa shape index (κ1) is 24.1. The minimum atomic E-state index is -0.556. The molecule has 4 rings (SSSR count). The maximum absolute atomic E-state index is 11.1. The molecule has 1 fully saturated rings. The van der Waals surface area contributed by atoms with E-state index in [1.807, 2.05) is 36.4 Å². The van der Waals surface area contributed by atoms with E-state index in [1.54, 1.807) is 6.21 Å². The van der Waals surface area contributed by atoms with Crippen LogP contribution in [0.15, 0.2) is 77.8 Å². The van der Waals surface area contributed by atoms with Gasteiger partial charge in [-0.25, -0.2) is 0 Å². The van der Waals surface area contributed by atoms with Crippen LogP contribution in [0.1, 0.15) is 55.6 Å². The van der Waals surface area contributed by atoms with Gasteiger partial charge in [-0.3, -0.25) is 4.99 Å². The van der Waals surface area contributed by atoms with Gasteiger partial charge in [-0.15, -0.1) is 0 Å². The van der Waals surface area contributed by atoms with Crippen LogP contribution in [-0.2, 0) is 17.0 Å². The van der Waals surface area contributed by atoms with Gasteiger partial charge in [0.05, 0.1) is 5.69 Å². The molecule has 1 aliphatic carbocycles. The zero-order valence-corrected chi connectivity index (χ0v) is 20.5. The molecular formula is C26H27Cl2NOTi. The van der Waals surface area contributed by atoms with Crippen LogP contribution in [0.4, 0.5) is 5.69 Å². The van der Waals surface area contributed by atoms with Gasteiger partial charge in [0.2, 0.25) is 0 Å². The van der Waals surface area contributed by atoms with Crippen molar-refractivity contribution in [2.24, 2.45) is 4.99 Å². The van der Waals surface area contributed by atoms with Crippen molar-refractivity contribution in [3.8, 4) is 16.9 Å². The number of phenols is 1. The van der Waals surface area contributed by atoms with Crippen LogP contribution in [0.25, 0.3) is 11.1 Å². The fourth-order valence-corrected chi connectivity index (χ4v) is 4.14. The van der Waals surface area contributed by atoms with Crippen molar-refractivity contribution in [1.29, 1.82) is 0 Å². The number of phenolic OH excluding ortho intramolecular Hbond substituents is 1. The normalized spacial score (nSPS) is 14.5. The number of para-hydroxylation sites is 1. The van der Waals surface area contributed by atoms with Crippen LogP contribution in [0.3, 0.4) is 0 Å². The number of rotatable bonds is 4. The third-order valence-corrected chi connectivity index (χ3v) is 5.68. The summed E-state index contributed by atoms with van der Waals surface area (Å²) in [6.45, 7) is 0. The Kier molecular flexibility index (Phi) is 10.2. The summed E-state index contributed by atoms with van der Waals surface area (Å²) in [6.07, 6.45) is 9.20. The molecule has 0 saturated heterocycles. The summed E-state index contributed by atoms with van der Waals surface area (Å²) in [5.41, 5.74) is 5.09. The van der Waals surface area contributed by atoms with Crippen molar-refractivity contribution >= 4 is 30.5 Å². The number of aromatic hydroxyl groups is 1. The van der Waals surface area contributed by atoms with Gasteiger partial charge in [0.25, 0.3) is 0 Å². The number of hydrogen-bond donors (Lipinski definition) is 1. The van der Waals surface area contributed by atoms with Gasteiger partial charge in [-0.1, -0.05) is 74.2 Å². The van der Waals surface area contributed by atoms with Crippen LogP contribution in [0, 0.1) is 0 Å². The Hall–Kier alpha value is -1.58. The molecule has 1 aliphatic rings. The van der Waals surface area contributed by atoms with Crippen LogP contribution in [0.5, 0.6) is 5.75 Å². The molecule has 2 nitrogen and oxygen atoms in total. The maximum atomic E-state index is 11.1. The van der Waals surface area contributed by atoms with Crippen molar-refractivity contribution in [2.75, 3.05) is 0 Å². The molecule has 0 spiro atoms. The summed E-state index contributed by atoms with van der Waals surface area (Å²) in [7, 11) is 9.78. The molecule has 0 aromatic heterocycles. The second-order valence-electron chi connectivity index (χ2n) is 7.72. The van der Waals surface area contributed by atoms with Crippen molar-refractivity contribution in [2.45, 2.75) is 44.4 Å². The van der Waals surface area contributed by atoms with E-state index in [1.165, 1.54) is 31.2 Å². The first-order valence-corrected chi connectivity index (χ1v) is 15.0. The molecule has 3 aromatic carbocycles. The molecule has 3 aromatic rings. The third-order valence-electron chi connectivity index (χ3n) is 5.68. The molecule has 0 aliphatic heterocycles. The monoisotopic (exact) mass is 487 g/mol. The Morgan fingerprint density at radius 2 is 1.39 bits per heavy atom. The van der Waals surface area contributed by atoms with Crippen LogP contribution < -0.4 is 0 Å². The summed E-state index contributed by atoms with van der Waals surface area (Å²) in [6, 6.07) is 24.5. The number of benzene rings is 3. The first-order chi connectivity index (χ1) is 15.2. The molecule has 0 bridgehead atoms. The number of halogens is 2. The number of hydrogen-bond acceptors (Lipinski definition) is 2. The van der Waals surface area contributed by atoms with Gasteiger partial charge >= 0.3 is 35.6 Å². The Balaban J connectivity index is 0.000000858. The van der Waals surface area contributed by atoms with Crippen LogP contribution >= 0.6 is 18.6 Å². The number of aliphatic imine (C=N–C) groups is 1. The minimum absolute atomic E-state index is 0.395. The Morgan fingerprint density at radius 1 is 0.806 bits per heavy atom. The molecular weight excluding hydrogens is 461 g/mol. The molecule has 0 heterocycles. The third kappa shape index (κ3) is 7.22. The Morgan fingerprint density at radius 3 is 2.00 bits per heavy atom. The van der Waals surface area contributed by atoms with Crippen molar-refractivity contribution < 1.29 is 22.1 Å². The van der Waals surface area contributed by atoms with Crippen molar-refractivity contribution in [3.05, 3.63) is 83.9 Å². The fourth-order valence-electron chi connectivity index (χ4n) is 4.14.